The molecule has 0 aliphatic heterocycles. The van der Waals surface area contributed by atoms with Crippen LogP contribution in [0.2, 0.25) is 0 Å². The van der Waals surface area contributed by atoms with Gasteiger partial charge < -0.3 is 11.1 Å². The van der Waals surface area contributed by atoms with E-state index < -0.39 is 5.82 Å². The second-order valence-electron chi connectivity index (χ2n) is 6.86. The number of hydrogen-bond donors (Lipinski definition) is 2. The summed E-state index contributed by atoms with van der Waals surface area (Å²) in [4.78, 5) is 4.26. The average Bonchev–Trinajstić information content (AvgIpc) is 2.65. The third-order valence-electron chi connectivity index (χ3n) is 5.14. The summed E-state index contributed by atoms with van der Waals surface area (Å²) in [6, 6.07) is 11.1. The summed E-state index contributed by atoms with van der Waals surface area (Å²) in [6.45, 7) is 0.533. The molecule has 27 heavy (non-hydrogen) atoms. The molecule has 0 unspecified atom stereocenters. The van der Waals surface area contributed by atoms with Gasteiger partial charge in [0.15, 0.2) is 0 Å². The highest BCUT2D eigenvalue weighted by molar-refractivity contribution is 5.62. The zero-order chi connectivity index (χ0) is 18.9. The summed E-state index contributed by atoms with van der Waals surface area (Å²) >= 11 is 0. The lowest BCUT2D eigenvalue weighted by molar-refractivity contribution is 0.243. The number of nitrogens with one attached hydrogen (secondary N) is 1. The van der Waals surface area contributed by atoms with Gasteiger partial charge in [0.25, 0.3) is 0 Å². The van der Waals surface area contributed by atoms with E-state index in [0.29, 0.717) is 29.3 Å². The first-order valence-corrected chi connectivity index (χ1v) is 8.81. The molecular formula is C20H19F2N5. The van der Waals surface area contributed by atoms with Crippen molar-refractivity contribution in [2.24, 2.45) is 0 Å². The number of nitrogens with two attached hydrogens (primary N) is 1. The number of hydrogen-bond acceptors (Lipinski definition) is 5. The van der Waals surface area contributed by atoms with E-state index >= 15 is 0 Å². The topological polar surface area (TPSA) is 76.7 Å². The molecule has 0 bridgehead atoms. The van der Waals surface area contributed by atoms with Crippen LogP contribution < -0.4 is 11.1 Å². The predicted molar refractivity (Wildman–Crippen MR) is 100 cm³/mol. The first kappa shape index (κ1) is 17.3. The first-order chi connectivity index (χ1) is 13.1. The minimum Gasteiger partial charge on any atom is -0.396 e. The summed E-state index contributed by atoms with van der Waals surface area (Å²) in [5.74, 6) is -0.177. The lowest BCUT2D eigenvalue weighted by Gasteiger charge is -2.41. The SMILES string of the molecule is Nc1ccc(-c2ccc(NCC3(c4ncccc4F)CCC3)nn2)cc1F. The summed E-state index contributed by atoms with van der Waals surface area (Å²) in [5, 5.41) is 11.5. The van der Waals surface area contributed by atoms with Crippen LogP contribution in [0.25, 0.3) is 11.3 Å². The predicted octanol–water partition coefficient (Wildman–Crippen LogP) is 3.93. The smallest absolute Gasteiger partial charge is 0.148 e. The first-order valence-electron chi connectivity index (χ1n) is 8.81. The Morgan fingerprint density at radius 3 is 2.52 bits per heavy atom. The van der Waals surface area contributed by atoms with E-state index in [0.717, 1.165) is 19.3 Å². The molecule has 2 aromatic heterocycles. The number of rotatable bonds is 5. The lowest BCUT2D eigenvalue weighted by atomic mass is 9.66. The molecule has 1 aliphatic rings. The van der Waals surface area contributed by atoms with Gasteiger partial charge in [0.1, 0.15) is 17.5 Å². The minimum absolute atomic E-state index is 0.0950. The quantitative estimate of drug-likeness (QED) is 0.668. The van der Waals surface area contributed by atoms with Crippen molar-refractivity contribution < 1.29 is 8.78 Å². The normalized spacial score (nSPS) is 15.2. The third-order valence-corrected chi connectivity index (χ3v) is 5.14. The van der Waals surface area contributed by atoms with E-state index in [1.807, 2.05) is 0 Å². The van der Waals surface area contributed by atoms with Gasteiger partial charge in [-0.3, -0.25) is 4.98 Å². The fourth-order valence-corrected chi connectivity index (χ4v) is 3.40. The van der Waals surface area contributed by atoms with Crippen molar-refractivity contribution in [3.8, 4) is 11.3 Å². The maximum atomic E-state index is 14.2. The maximum Gasteiger partial charge on any atom is 0.148 e. The van der Waals surface area contributed by atoms with Crippen LogP contribution in [-0.4, -0.2) is 21.7 Å². The van der Waals surface area contributed by atoms with Gasteiger partial charge in [-0.15, -0.1) is 10.2 Å². The molecule has 1 aromatic carbocycles. The Morgan fingerprint density at radius 1 is 1.04 bits per heavy atom. The van der Waals surface area contributed by atoms with Gasteiger partial charge >= 0.3 is 0 Å². The molecule has 0 amide bonds. The van der Waals surface area contributed by atoms with Crippen molar-refractivity contribution in [1.82, 2.24) is 15.2 Å². The molecule has 0 atom stereocenters. The molecule has 0 spiro atoms. The molecule has 3 aromatic rings. The third kappa shape index (κ3) is 3.32. The average molecular weight is 367 g/mol. The second-order valence-corrected chi connectivity index (χ2v) is 6.86. The van der Waals surface area contributed by atoms with Gasteiger partial charge in [0, 0.05) is 23.7 Å². The number of anilines is 2. The van der Waals surface area contributed by atoms with Crippen LogP contribution in [0.1, 0.15) is 25.0 Å². The van der Waals surface area contributed by atoms with Crippen molar-refractivity contribution in [2.45, 2.75) is 24.7 Å². The van der Waals surface area contributed by atoms with E-state index in [2.05, 4.69) is 20.5 Å². The molecule has 2 heterocycles. The summed E-state index contributed by atoms with van der Waals surface area (Å²) in [7, 11) is 0. The molecular weight excluding hydrogens is 348 g/mol. The van der Waals surface area contributed by atoms with E-state index in [-0.39, 0.29) is 16.9 Å². The largest absolute Gasteiger partial charge is 0.396 e. The fourth-order valence-electron chi connectivity index (χ4n) is 3.40. The molecule has 1 fully saturated rings. The van der Waals surface area contributed by atoms with Gasteiger partial charge in [-0.2, -0.15) is 0 Å². The molecule has 3 N–H and O–H groups in total. The molecule has 0 saturated heterocycles. The summed E-state index contributed by atoms with van der Waals surface area (Å²) in [6.07, 6.45) is 4.43. The second kappa shape index (κ2) is 6.90. The molecule has 5 nitrogen and oxygen atoms in total. The highest BCUT2D eigenvalue weighted by Crippen LogP contribution is 2.43. The van der Waals surface area contributed by atoms with E-state index in [9.17, 15) is 8.78 Å². The zero-order valence-electron chi connectivity index (χ0n) is 14.6. The van der Waals surface area contributed by atoms with Crippen molar-refractivity contribution in [1.29, 1.82) is 0 Å². The lowest BCUT2D eigenvalue weighted by Crippen LogP contribution is -2.42. The minimum atomic E-state index is -0.485. The van der Waals surface area contributed by atoms with Crippen molar-refractivity contribution in [3.05, 3.63) is 66.0 Å². The van der Waals surface area contributed by atoms with Crippen molar-refractivity contribution in [2.75, 3.05) is 17.6 Å². The van der Waals surface area contributed by atoms with Gasteiger partial charge in [0.05, 0.1) is 17.1 Å². The molecule has 138 valence electrons. The number of nitrogens with zero attached hydrogens (tertiary/aromatic N) is 3. The standard InChI is InChI=1S/C20H19F2N5/c21-14-3-1-10-24-19(14)20(8-2-9-20)12-25-18-7-6-17(26-27-18)13-4-5-16(23)15(22)11-13/h1,3-7,10-11H,2,8-9,12,23H2,(H,25,27). The van der Waals surface area contributed by atoms with E-state index in [4.69, 9.17) is 5.73 Å². The Kier molecular flexibility index (Phi) is 4.43. The number of nitrogen functional groups attached to an aromatic ring is 1. The van der Waals surface area contributed by atoms with Crippen LogP contribution >= 0.6 is 0 Å². The monoisotopic (exact) mass is 367 g/mol. The number of pyridine rings is 1. The number of halogens is 2. The summed E-state index contributed by atoms with van der Waals surface area (Å²) < 4.78 is 27.8. The van der Waals surface area contributed by atoms with Gasteiger partial charge in [-0.25, -0.2) is 8.78 Å². The fraction of sp³-hybridized carbons (Fsp3) is 0.250. The Hall–Kier alpha value is -3.09. The van der Waals surface area contributed by atoms with Crippen molar-refractivity contribution >= 4 is 11.5 Å². The van der Waals surface area contributed by atoms with Gasteiger partial charge in [-0.05, 0) is 49.2 Å². The van der Waals surface area contributed by atoms with Crippen LogP contribution in [0.5, 0.6) is 0 Å². The number of aromatic nitrogens is 3. The molecule has 1 aliphatic carbocycles. The Labute approximate surface area is 155 Å². The van der Waals surface area contributed by atoms with Crippen LogP contribution in [0.3, 0.4) is 0 Å². The van der Waals surface area contributed by atoms with E-state index in [1.165, 1.54) is 18.2 Å². The van der Waals surface area contributed by atoms with Gasteiger partial charge in [-0.1, -0.05) is 12.5 Å². The maximum absolute atomic E-state index is 14.2. The van der Waals surface area contributed by atoms with Crippen LogP contribution in [0.4, 0.5) is 20.3 Å². The Bertz CT molecular complexity index is 955. The van der Waals surface area contributed by atoms with E-state index in [1.54, 1.807) is 30.5 Å². The van der Waals surface area contributed by atoms with Crippen LogP contribution in [0.15, 0.2) is 48.7 Å². The highest BCUT2D eigenvalue weighted by Gasteiger charge is 2.41. The summed E-state index contributed by atoms with van der Waals surface area (Å²) in [5.41, 5.74) is 6.94. The van der Waals surface area contributed by atoms with Crippen LogP contribution in [-0.2, 0) is 5.41 Å². The zero-order valence-corrected chi connectivity index (χ0v) is 14.6. The van der Waals surface area contributed by atoms with Crippen molar-refractivity contribution in [3.63, 3.8) is 0 Å². The highest BCUT2D eigenvalue weighted by atomic mass is 19.1. The molecule has 0 radical (unpaired) electrons. The Morgan fingerprint density at radius 2 is 1.89 bits per heavy atom. The molecule has 1 saturated carbocycles. The van der Waals surface area contributed by atoms with Crippen LogP contribution in [0, 0.1) is 11.6 Å². The number of benzene rings is 1. The van der Waals surface area contributed by atoms with Gasteiger partial charge in [0.2, 0.25) is 0 Å². The Balaban J connectivity index is 1.49. The molecule has 7 heteroatoms. The molecule has 4 rings (SSSR count).